The van der Waals surface area contributed by atoms with Crippen molar-refractivity contribution in [3.05, 3.63) is 22.7 Å². The number of ether oxygens (including phenoxy) is 2. The highest BCUT2D eigenvalue weighted by molar-refractivity contribution is 8.13. The number of carbonyl (C=O) groups is 2. The lowest BCUT2D eigenvalue weighted by Crippen LogP contribution is -2.40. The monoisotopic (exact) mass is 632 g/mol. The largest absolute Gasteiger partial charge is 0.462 e. The summed E-state index contributed by atoms with van der Waals surface area (Å²) in [5, 5.41) is 13.1. The van der Waals surface area contributed by atoms with Crippen molar-refractivity contribution in [2.24, 2.45) is 5.41 Å². The summed E-state index contributed by atoms with van der Waals surface area (Å²) in [5.74, 6) is -0.594. The minimum absolute atomic E-state index is 0.0407. The van der Waals surface area contributed by atoms with Gasteiger partial charge in [0.05, 0.1) is 19.3 Å². The van der Waals surface area contributed by atoms with Crippen LogP contribution in [0.5, 0.6) is 0 Å². The van der Waals surface area contributed by atoms with Gasteiger partial charge < -0.3 is 20.3 Å². The van der Waals surface area contributed by atoms with Crippen LogP contribution in [0.2, 0.25) is 0 Å². The Labute approximate surface area is 241 Å². The summed E-state index contributed by atoms with van der Waals surface area (Å²) < 4.78 is 34.3. The second-order valence-electron chi connectivity index (χ2n) is 10.0. The zero-order chi connectivity index (χ0) is 29.8. The molecule has 5 atom stereocenters. The first-order chi connectivity index (χ1) is 17.9. The third-order valence-electron chi connectivity index (χ3n) is 5.14. The van der Waals surface area contributed by atoms with Gasteiger partial charge in [-0.15, -0.1) is 0 Å². The Morgan fingerprint density at radius 3 is 2.54 bits per heavy atom. The lowest BCUT2D eigenvalue weighted by molar-refractivity contribution is -0.149. The van der Waals surface area contributed by atoms with Crippen molar-refractivity contribution < 1.29 is 37.8 Å². The minimum Gasteiger partial charge on any atom is -0.462 e. The van der Waals surface area contributed by atoms with Crippen molar-refractivity contribution in [2.75, 3.05) is 24.7 Å². The number of nitrogens with one attached hydrogen (secondary N) is 1. The van der Waals surface area contributed by atoms with E-state index in [1.807, 2.05) is 0 Å². The van der Waals surface area contributed by atoms with E-state index in [-0.39, 0.29) is 23.3 Å². The van der Waals surface area contributed by atoms with Crippen LogP contribution in [-0.4, -0.2) is 73.4 Å². The summed E-state index contributed by atoms with van der Waals surface area (Å²) in [5.41, 5.74) is 4.11. The Hall–Kier alpha value is -1.22. The van der Waals surface area contributed by atoms with Gasteiger partial charge in [0.15, 0.2) is 15.7 Å². The van der Waals surface area contributed by atoms with Crippen LogP contribution in [0.4, 0.5) is 5.82 Å². The molecule has 4 N–H and O–H groups in total. The van der Waals surface area contributed by atoms with Gasteiger partial charge in [0.25, 0.3) is 0 Å². The number of thioether (sulfide) groups is 1. The molecule has 13 nitrogen and oxygen atoms in total. The molecule has 1 aliphatic heterocycles. The molecule has 1 aromatic heterocycles. The number of aliphatic hydroxyl groups is 1. The van der Waals surface area contributed by atoms with E-state index >= 15 is 0 Å². The number of hydrogen-bond donors (Lipinski definition) is 3. The summed E-state index contributed by atoms with van der Waals surface area (Å²) in [6, 6.07) is 0.209. The standard InChI is InChI=1S/C22H35Cl2N4O9PS/c1-12(2)36-17(30)13(3)27-38(33,34-9-10-39-19(31)21(4,5)6)35-11-14-16(29)22(23,24)18(37-14)28-8-7-15(25)26-20(28)32/h7-8,12-14,16,18,29H,9-11H2,1-6H3,(H,27,33)(H2,25,26,32)/t13-,14+,16+,18+,38+/m0/s1. The SMILES string of the molecule is CC(C)OC(=O)[C@H](C)N[P@@](=O)(OCCSC(=O)C(C)(C)C)OC[C@H]1O[C@@H](n2ccc(N)nc2=O)C(Cl)(Cl)[C@@H]1O. The molecule has 17 heteroatoms. The highest BCUT2D eigenvalue weighted by Gasteiger charge is 2.56. The van der Waals surface area contributed by atoms with Gasteiger partial charge in [-0.2, -0.15) is 4.98 Å². The number of nitrogen functional groups attached to an aromatic ring is 1. The molecule has 0 bridgehead atoms. The number of hydrogen-bond acceptors (Lipinski definition) is 12. The molecule has 39 heavy (non-hydrogen) atoms. The first kappa shape index (κ1) is 34.0. The number of carbonyl (C=O) groups excluding carboxylic acids is 2. The van der Waals surface area contributed by atoms with Gasteiger partial charge >= 0.3 is 19.4 Å². The Kier molecular flexibility index (Phi) is 11.9. The number of esters is 1. The second kappa shape index (κ2) is 13.6. The molecule has 1 fully saturated rings. The molecule has 0 amide bonds. The van der Waals surface area contributed by atoms with Crippen LogP contribution in [-0.2, 0) is 32.7 Å². The molecule has 0 saturated carbocycles. The van der Waals surface area contributed by atoms with Crippen LogP contribution in [0, 0.1) is 5.41 Å². The Morgan fingerprint density at radius 1 is 1.33 bits per heavy atom. The Balaban J connectivity index is 2.16. The number of aromatic nitrogens is 2. The third kappa shape index (κ3) is 9.40. The highest BCUT2D eigenvalue weighted by Crippen LogP contribution is 2.49. The lowest BCUT2D eigenvalue weighted by atomic mass is 10.00. The second-order valence-corrected chi connectivity index (χ2v) is 14.3. The average Bonchev–Trinajstić information content (AvgIpc) is 3.03. The fourth-order valence-electron chi connectivity index (χ4n) is 3.13. The summed E-state index contributed by atoms with van der Waals surface area (Å²) in [6.07, 6.45) is -3.44. The molecular weight excluding hydrogens is 598 g/mol. The molecule has 0 radical (unpaired) electrons. The fraction of sp³-hybridized carbons (Fsp3) is 0.727. The van der Waals surface area contributed by atoms with Crippen LogP contribution in [0.1, 0.15) is 47.8 Å². The van der Waals surface area contributed by atoms with Gasteiger partial charge in [0, 0.05) is 17.4 Å². The van der Waals surface area contributed by atoms with Crippen molar-refractivity contribution in [2.45, 2.75) is 76.5 Å². The maximum Gasteiger partial charge on any atom is 0.406 e. The first-order valence-corrected chi connectivity index (χ1v) is 15.3. The van der Waals surface area contributed by atoms with Gasteiger partial charge in [0.2, 0.25) is 0 Å². The van der Waals surface area contributed by atoms with Gasteiger partial charge in [0.1, 0.15) is 24.1 Å². The number of nitrogens with two attached hydrogens (primary N) is 1. The number of nitrogens with zero attached hydrogens (tertiary/aromatic N) is 2. The number of aliphatic hydroxyl groups excluding tert-OH is 1. The normalized spacial score (nSPS) is 23.4. The molecule has 0 unspecified atom stereocenters. The quantitative estimate of drug-likeness (QED) is 0.132. The van der Waals surface area contributed by atoms with E-state index in [2.05, 4.69) is 10.1 Å². The Morgan fingerprint density at radius 2 is 1.97 bits per heavy atom. The molecule has 1 saturated heterocycles. The summed E-state index contributed by atoms with van der Waals surface area (Å²) in [7, 11) is -4.25. The van der Waals surface area contributed by atoms with Crippen molar-refractivity contribution in [3.63, 3.8) is 0 Å². The maximum absolute atomic E-state index is 13.6. The predicted molar refractivity (Wildman–Crippen MR) is 148 cm³/mol. The molecule has 0 spiro atoms. The van der Waals surface area contributed by atoms with Crippen LogP contribution < -0.4 is 16.5 Å². The zero-order valence-corrected chi connectivity index (χ0v) is 25.7. The third-order valence-corrected chi connectivity index (χ3v) is 8.92. The summed E-state index contributed by atoms with van der Waals surface area (Å²) >= 11 is 13.6. The minimum atomic E-state index is -4.25. The van der Waals surface area contributed by atoms with E-state index in [1.165, 1.54) is 19.2 Å². The van der Waals surface area contributed by atoms with Crippen LogP contribution in [0.25, 0.3) is 0 Å². The van der Waals surface area contributed by atoms with Crippen molar-refractivity contribution in [1.29, 1.82) is 0 Å². The summed E-state index contributed by atoms with van der Waals surface area (Å²) in [4.78, 5) is 40.3. The lowest BCUT2D eigenvalue weighted by Gasteiger charge is -2.25. The molecule has 1 aliphatic rings. The highest BCUT2D eigenvalue weighted by atomic mass is 35.5. The van der Waals surface area contributed by atoms with Crippen LogP contribution in [0.3, 0.4) is 0 Å². The smallest absolute Gasteiger partial charge is 0.406 e. The molecule has 1 aromatic rings. The first-order valence-electron chi connectivity index (χ1n) is 12.0. The Bertz CT molecular complexity index is 1130. The number of alkyl halides is 2. The molecular formula is C22H35Cl2N4O9PS. The number of anilines is 1. The molecule has 222 valence electrons. The van der Waals surface area contributed by atoms with Crippen LogP contribution in [0.15, 0.2) is 17.1 Å². The van der Waals surface area contributed by atoms with Gasteiger partial charge in [-0.05, 0) is 26.8 Å². The fourth-order valence-corrected chi connectivity index (χ4v) is 6.11. The molecule has 2 rings (SSSR count). The summed E-state index contributed by atoms with van der Waals surface area (Å²) in [6.45, 7) is 9.27. The number of rotatable bonds is 12. The average molecular weight is 633 g/mol. The zero-order valence-electron chi connectivity index (χ0n) is 22.5. The van der Waals surface area contributed by atoms with E-state index in [9.17, 15) is 24.1 Å². The predicted octanol–water partition coefficient (Wildman–Crippen LogP) is 2.63. The van der Waals surface area contributed by atoms with E-state index in [1.54, 1.807) is 34.6 Å². The number of halogens is 2. The molecule has 2 heterocycles. The van der Waals surface area contributed by atoms with Crippen molar-refractivity contribution in [3.8, 4) is 0 Å². The van der Waals surface area contributed by atoms with Crippen LogP contribution >= 0.6 is 42.7 Å². The van der Waals surface area contributed by atoms with E-state index in [0.29, 0.717) is 0 Å². The van der Waals surface area contributed by atoms with E-state index in [4.69, 9.17) is 47.5 Å². The van der Waals surface area contributed by atoms with Crippen molar-refractivity contribution >= 4 is 59.6 Å². The van der Waals surface area contributed by atoms with Crippen molar-refractivity contribution in [1.82, 2.24) is 14.6 Å². The molecule has 0 aliphatic carbocycles. The van der Waals surface area contributed by atoms with E-state index in [0.717, 1.165) is 16.3 Å². The molecule has 0 aromatic carbocycles. The van der Waals surface area contributed by atoms with E-state index < -0.39 is 66.3 Å². The maximum atomic E-state index is 13.6. The van der Waals surface area contributed by atoms with Gasteiger partial charge in [-0.3, -0.25) is 23.2 Å². The van der Waals surface area contributed by atoms with Gasteiger partial charge in [-0.1, -0.05) is 55.7 Å². The topological polar surface area (TPSA) is 181 Å². The van der Waals surface area contributed by atoms with Gasteiger partial charge in [-0.25, -0.2) is 14.4 Å².